The molecule has 0 fully saturated rings. The van der Waals surface area contributed by atoms with E-state index in [-0.39, 0.29) is 11.9 Å². The molecule has 0 aliphatic rings. The molecule has 0 radical (unpaired) electrons. The number of nitrogens with one attached hydrogen (secondary N) is 1. The minimum absolute atomic E-state index is 0.200. The zero-order valence-electron chi connectivity index (χ0n) is 11.4. The topological polar surface area (TPSA) is 68.0 Å². The molecule has 5 nitrogen and oxygen atoms in total. The summed E-state index contributed by atoms with van der Waals surface area (Å²) in [6.07, 6.45) is 0. The van der Waals surface area contributed by atoms with Crippen LogP contribution in [0.2, 0.25) is 5.02 Å². The van der Waals surface area contributed by atoms with Crippen LogP contribution in [0.4, 0.5) is 0 Å². The van der Waals surface area contributed by atoms with Crippen molar-refractivity contribution in [1.82, 2.24) is 14.9 Å². The minimum atomic E-state index is -0.259. The molecule has 108 valence electrons. The summed E-state index contributed by atoms with van der Waals surface area (Å²) in [4.78, 5) is 12.7. The first-order chi connectivity index (χ1) is 10.0. The highest BCUT2D eigenvalue weighted by Crippen LogP contribution is 2.26. The molecule has 0 saturated heterocycles. The number of aryl methyl sites for hydroxylation is 1. The maximum absolute atomic E-state index is 12.1. The molecule has 0 unspecified atom stereocenters. The Bertz CT molecular complexity index is 812. The Kier molecular flexibility index (Phi) is 3.65. The van der Waals surface area contributed by atoms with Crippen molar-refractivity contribution >= 4 is 40.0 Å². The number of hydrogen-bond acceptors (Lipinski definition) is 5. The number of halogens is 1. The lowest BCUT2D eigenvalue weighted by molar-refractivity contribution is 0.0939. The number of carbonyl (C=O) groups is 1. The Morgan fingerprint density at radius 3 is 2.95 bits per heavy atom. The van der Waals surface area contributed by atoms with Gasteiger partial charge in [0, 0.05) is 10.4 Å². The van der Waals surface area contributed by atoms with Gasteiger partial charge in [0.25, 0.3) is 5.91 Å². The van der Waals surface area contributed by atoms with E-state index in [0.717, 1.165) is 22.5 Å². The summed E-state index contributed by atoms with van der Waals surface area (Å²) in [6.45, 7) is 3.62. The second kappa shape index (κ2) is 5.46. The van der Waals surface area contributed by atoms with Gasteiger partial charge in [0.2, 0.25) is 0 Å². The molecular weight excluding hydrogens is 310 g/mol. The highest BCUT2D eigenvalue weighted by molar-refractivity contribution is 7.08. The second-order valence-electron chi connectivity index (χ2n) is 4.71. The first kappa shape index (κ1) is 14.0. The van der Waals surface area contributed by atoms with E-state index in [0.29, 0.717) is 21.4 Å². The lowest BCUT2D eigenvalue weighted by atomic mass is 10.2. The summed E-state index contributed by atoms with van der Waals surface area (Å²) < 4.78 is 9.49. The molecule has 1 atom stereocenters. The van der Waals surface area contributed by atoms with Gasteiger partial charge < -0.3 is 9.73 Å². The zero-order chi connectivity index (χ0) is 15.0. The third-order valence-corrected chi connectivity index (χ3v) is 4.19. The number of fused-ring (bicyclic) bond motifs is 1. The highest BCUT2D eigenvalue weighted by Gasteiger charge is 2.18. The van der Waals surface area contributed by atoms with Gasteiger partial charge in [-0.1, -0.05) is 16.1 Å². The van der Waals surface area contributed by atoms with Crippen LogP contribution in [0.25, 0.3) is 11.0 Å². The molecule has 7 heteroatoms. The summed E-state index contributed by atoms with van der Waals surface area (Å²) >= 11 is 7.03. The standard InChI is InChI=1S/C14H12ClN3O2S/c1-7(16-14(19)13-8(2)17-18-21-13)12-6-9-5-10(15)3-4-11(9)20-12/h3-7H,1-2H3,(H,16,19)/t7-/m0/s1. The molecule has 0 aliphatic heterocycles. The first-order valence-electron chi connectivity index (χ1n) is 6.33. The van der Waals surface area contributed by atoms with Gasteiger partial charge >= 0.3 is 0 Å². The molecular formula is C14H12ClN3O2S. The summed E-state index contributed by atoms with van der Waals surface area (Å²) in [6, 6.07) is 7.03. The van der Waals surface area contributed by atoms with Crippen molar-refractivity contribution in [3.05, 3.63) is 45.6 Å². The van der Waals surface area contributed by atoms with E-state index in [1.165, 1.54) is 0 Å². The number of nitrogens with zero attached hydrogens (tertiary/aromatic N) is 2. The number of furan rings is 1. The number of amides is 1. The molecule has 0 bridgehead atoms. The van der Waals surface area contributed by atoms with Crippen LogP contribution in [0.3, 0.4) is 0 Å². The van der Waals surface area contributed by atoms with E-state index in [1.54, 1.807) is 13.0 Å². The largest absolute Gasteiger partial charge is 0.459 e. The maximum atomic E-state index is 12.1. The van der Waals surface area contributed by atoms with Crippen molar-refractivity contribution in [3.63, 3.8) is 0 Å². The number of hydrogen-bond donors (Lipinski definition) is 1. The number of carbonyl (C=O) groups excluding carboxylic acids is 1. The predicted molar refractivity (Wildman–Crippen MR) is 81.8 cm³/mol. The van der Waals surface area contributed by atoms with Gasteiger partial charge in [-0.25, -0.2) is 0 Å². The lowest BCUT2D eigenvalue weighted by Crippen LogP contribution is -2.26. The van der Waals surface area contributed by atoms with Crippen LogP contribution in [-0.2, 0) is 0 Å². The van der Waals surface area contributed by atoms with E-state index in [2.05, 4.69) is 14.9 Å². The average Bonchev–Trinajstić information content (AvgIpc) is 3.04. The monoisotopic (exact) mass is 321 g/mol. The molecule has 0 aliphatic carbocycles. The Balaban J connectivity index is 1.82. The van der Waals surface area contributed by atoms with Crippen LogP contribution in [0.1, 0.15) is 34.1 Å². The van der Waals surface area contributed by atoms with E-state index < -0.39 is 0 Å². The SMILES string of the molecule is Cc1nnsc1C(=O)N[C@@H](C)c1cc2cc(Cl)ccc2o1. The van der Waals surface area contributed by atoms with E-state index in [4.69, 9.17) is 16.0 Å². The normalized spacial score (nSPS) is 12.5. The van der Waals surface area contributed by atoms with Crippen LogP contribution in [0.15, 0.2) is 28.7 Å². The lowest BCUT2D eigenvalue weighted by Gasteiger charge is -2.10. The minimum Gasteiger partial charge on any atom is -0.459 e. The van der Waals surface area contributed by atoms with Crippen molar-refractivity contribution in [2.75, 3.05) is 0 Å². The van der Waals surface area contributed by atoms with Gasteiger partial charge in [-0.05, 0) is 49.6 Å². The van der Waals surface area contributed by atoms with Gasteiger partial charge in [-0.15, -0.1) is 5.10 Å². The third kappa shape index (κ3) is 2.77. The fourth-order valence-electron chi connectivity index (χ4n) is 2.02. The fourth-order valence-corrected chi connectivity index (χ4v) is 2.76. The molecule has 1 aromatic carbocycles. The molecule has 2 heterocycles. The van der Waals surface area contributed by atoms with Crippen molar-refractivity contribution in [3.8, 4) is 0 Å². The molecule has 3 rings (SSSR count). The summed E-state index contributed by atoms with van der Waals surface area (Å²) in [5.74, 6) is 0.476. The van der Waals surface area contributed by atoms with Crippen LogP contribution in [0.5, 0.6) is 0 Å². The van der Waals surface area contributed by atoms with Crippen LogP contribution < -0.4 is 5.32 Å². The van der Waals surface area contributed by atoms with Gasteiger partial charge in [-0.2, -0.15) is 0 Å². The number of aromatic nitrogens is 2. The number of benzene rings is 1. The average molecular weight is 322 g/mol. The zero-order valence-corrected chi connectivity index (χ0v) is 13.0. The molecule has 0 spiro atoms. The van der Waals surface area contributed by atoms with Crippen LogP contribution >= 0.6 is 23.1 Å². The quantitative estimate of drug-likeness (QED) is 0.798. The Labute approximate surface area is 130 Å². The smallest absolute Gasteiger partial charge is 0.265 e. The van der Waals surface area contributed by atoms with Crippen molar-refractivity contribution < 1.29 is 9.21 Å². The van der Waals surface area contributed by atoms with E-state index in [9.17, 15) is 4.79 Å². The molecule has 1 amide bonds. The molecule has 3 aromatic rings. The Morgan fingerprint density at radius 2 is 2.24 bits per heavy atom. The molecule has 2 aromatic heterocycles. The molecule has 1 N–H and O–H groups in total. The maximum Gasteiger partial charge on any atom is 0.265 e. The fraction of sp³-hybridized carbons (Fsp3) is 0.214. The van der Waals surface area contributed by atoms with Crippen LogP contribution in [-0.4, -0.2) is 15.5 Å². The second-order valence-corrected chi connectivity index (χ2v) is 5.90. The summed E-state index contributed by atoms with van der Waals surface area (Å²) in [5.41, 5.74) is 1.37. The summed E-state index contributed by atoms with van der Waals surface area (Å²) in [5, 5.41) is 8.27. The van der Waals surface area contributed by atoms with Crippen molar-refractivity contribution in [2.45, 2.75) is 19.9 Å². The number of rotatable bonds is 3. The Morgan fingerprint density at radius 1 is 1.43 bits per heavy atom. The molecule has 21 heavy (non-hydrogen) atoms. The van der Waals surface area contributed by atoms with Crippen molar-refractivity contribution in [1.29, 1.82) is 0 Å². The highest BCUT2D eigenvalue weighted by atomic mass is 35.5. The van der Waals surface area contributed by atoms with E-state index in [1.807, 2.05) is 25.1 Å². The van der Waals surface area contributed by atoms with E-state index >= 15 is 0 Å². The predicted octanol–water partition coefficient (Wildman–Crippen LogP) is 3.74. The van der Waals surface area contributed by atoms with Crippen molar-refractivity contribution in [2.24, 2.45) is 0 Å². The van der Waals surface area contributed by atoms with Crippen LogP contribution in [0, 0.1) is 6.92 Å². The first-order valence-corrected chi connectivity index (χ1v) is 7.48. The van der Waals surface area contributed by atoms with Gasteiger partial charge in [-0.3, -0.25) is 4.79 Å². The third-order valence-electron chi connectivity index (χ3n) is 3.13. The van der Waals surface area contributed by atoms with Gasteiger partial charge in [0.05, 0.1) is 11.7 Å². The summed E-state index contributed by atoms with van der Waals surface area (Å²) in [7, 11) is 0. The van der Waals surface area contributed by atoms with Gasteiger partial charge in [0.15, 0.2) is 0 Å². The molecule has 0 saturated carbocycles. The van der Waals surface area contributed by atoms with Gasteiger partial charge in [0.1, 0.15) is 16.2 Å². The Hall–Kier alpha value is -1.92.